The Kier molecular flexibility index (Phi) is 5.16. The lowest BCUT2D eigenvalue weighted by atomic mass is 10.1. The maximum atomic E-state index is 13.1. The van der Waals surface area contributed by atoms with Gasteiger partial charge >= 0.3 is 6.18 Å². The number of aromatic nitrogens is 4. The largest absolute Gasteiger partial charge is 0.417 e. The Morgan fingerprint density at radius 3 is 2.62 bits per heavy atom. The number of alkyl halides is 3. The minimum absolute atomic E-state index is 0.125. The van der Waals surface area contributed by atoms with E-state index in [2.05, 4.69) is 25.6 Å². The number of nitrogens with one attached hydrogen (secondary N) is 1. The lowest BCUT2D eigenvalue weighted by Crippen LogP contribution is -2.44. The van der Waals surface area contributed by atoms with Gasteiger partial charge in [-0.1, -0.05) is 0 Å². The van der Waals surface area contributed by atoms with E-state index in [1.54, 1.807) is 19.1 Å². The Balaban J connectivity index is 1.68. The predicted octanol–water partition coefficient (Wildman–Crippen LogP) is 3.18. The van der Waals surface area contributed by atoms with Crippen molar-refractivity contribution in [1.29, 1.82) is 0 Å². The molecule has 1 N–H and O–H groups in total. The van der Waals surface area contributed by atoms with Gasteiger partial charge in [0.25, 0.3) is 11.8 Å². The molecule has 10 nitrogen and oxygen atoms in total. The molecule has 32 heavy (non-hydrogen) atoms. The van der Waals surface area contributed by atoms with Crippen LogP contribution in [0.2, 0.25) is 0 Å². The van der Waals surface area contributed by atoms with Crippen LogP contribution in [0.1, 0.15) is 38.3 Å². The number of fused-ring (bicyclic) bond motifs is 1. The molecule has 0 bridgehead atoms. The Bertz CT molecular complexity index is 1210. The molecule has 0 spiro atoms. The number of carbonyl (C=O) groups is 2. The number of nitroso groups, excluding NO2 is 1. The predicted molar refractivity (Wildman–Crippen MR) is 105 cm³/mol. The molecule has 0 saturated carbocycles. The minimum atomic E-state index is -4.60. The van der Waals surface area contributed by atoms with Crippen LogP contribution in [0.3, 0.4) is 0 Å². The van der Waals surface area contributed by atoms with E-state index in [0.29, 0.717) is 17.6 Å². The van der Waals surface area contributed by atoms with Gasteiger partial charge in [0.2, 0.25) is 6.17 Å². The molecule has 1 aliphatic rings. The molecule has 0 fully saturated rings. The molecule has 1 aliphatic heterocycles. The Morgan fingerprint density at radius 2 is 2.00 bits per heavy atom. The first kappa shape index (κ1) is 21.1. The highest BCUT2D eigenvalue weighted by Crippen LogP contribution is 2.32. The van der Waals surface area contributed by atoms with Gasteiger partial charge in [-0.3, -0.25) is 19.5 Å². The molecule has 2 amide bonds. The smallest absolute Gasteiger partial charge is 0.322 e. The fraction of sp³-hybridized carbons (Fsp3) is 0.211. The van der Waals surface area contributed by atoms with Gasteiger partial charge in [-0.15, -0.1) is 4.91 Å². The number of amides is 2. The summed E-state index contributed by atoms with van der Waals surface area (Å²) in [6, 6.07) is 4.94. The first-order valence-corrected chi connectivity index (χ1v) is 9.18. The number of nitrogens with zero attached hydrogens (tertiary/aromatic N) is 6. The lowest BCUT2D eigenvalue weighted by Gasteiger charge is -2.30. The minimum Gasteiger partial charge on any atom is -0.322 e. The monoisotopic (exact) mass is 445 g/mol. The van der Waals surface area contributed by atoms with E-state index in [4.69, 9.17) is 0 Å². The molecule has 0 aliphatic carbocycles. The first-order chi connectivity index (χ1) is 15.2. The quantitative estimate of drug-likeness (QED) is 0.616. The average molecular weight is 445 g/mol. The zero-order chi connectivity index (χ0) is 23.0. The average Bonchev–Trinajstić information content (AvgIpc) is 3.20. The van der Waals surface area contributed by atoms with Crippen LogP contribution in [0.5, 0.6) is 0 Å². The highest BCUT2D eigenvalue weighted by Gasteiger charge is 2.38. The molecule has 4 rings (SSSR count). The van der Waals surface area contributed by atoms with Gasteiger partial charge in [0, 0.05) is 23.8 Å². The molecule has 4 heterocycles. The summed E-state index contributed by atoms with van der Waals surface area (Å²) in [7, 11) is 0. The van der Waals surface area contributed by atoms with Gasteiger partial charge in [-0.25, -0.2) is 9.67 Å². The summed E-state index contributed by atoms with van der Waals surface area (Å²) < 4.78 is 39.5. The zero-order valence-corrected chi connectivity index (χ0v) is 16.4. The molecular weight excluding hydrogens is 431 g/mol. The summed E-state index contributed by atoms with van der Waals surface area (Å²) in [5, 5.41) is 9.50. The third kappa shape index (κ3) is 3.79. The second kappa shape index (κ2) is 7.83. The number of aryl methyl sites for hydroxylation is 1. The van der Waals surface area contributed by atoms with Crippen molar-refractivity contribution in [3.63, 3.8) is 0 Å². The van der Waals surface area contributed by atoms with E-state index in [9.17, 15) is 27.7 Å². The fourth-order valence-electron chi connectivity index (χ4n) is 3.23. The van der Waals surface area contributed by atoms with Crippen molar-refractivity contribution in [2.24, 2.45) is 5.18 Å². The highest BCUT2D eigenvalue weighted by atomic mass is 19.4. The van der Waals surface area contributed by atoms with Crippen LogP contribution in [0.25, 0.3) is 0 Å². The second-order valence-corrected chi connectivity index (χ2v) is 6.90. The van der Waals surface area contributed by atoms with Crippen molar-refractivity contribution in [2.75, 3.05) is 16.8 Å². The second-order valence-electron chi connectivity index (χ2n) is 6.90. The molecule has 3 aromatic rings. The molecule has 1 atom stereocenters. The summed E-state index contributed by atoms with van der Waals surface area (Å²) >= 11 is 0. The number of anilines is 2. The molecule has 0 unspecified atom stereocenters. The van der Waals surface area contributed by atoms with Gasteiger partial charge < -0.3 is 5.32 Å². The summed E-state index contributed by atoms with van der Waals surface area (Å²) in [5.41, 5.74) is -0.271. The standard InChI is InChI=1S/C19H14F3N7O3/c1-10-6-12(4-5-23-10)26-17(30)13-8-25-29-15(27-32)9-28(18(31)16(13)29)14-3-2-11(7-24-14)19(20,21)22/h2-8,15H,9H2,1H3,(H,23,26,30)/t15-/m1/s1. The normalized spacial score (nSPS) is 15.9. The van der Waals surface area contributed by atoms with Crippen LogP contribution in [0.4, 0.5) is 24.7 Å². The van der Waals surface area contributed by atoms with E-state index in [1.165, 1.54) is 6.20 Å². The zero-order valence-electron chi connectivity index (χ0n) is 16.4. The van der Waals surface area contributed by atoms with Crippen molar-refractivity contribution in [3.8, 4) is 0 Å². The lowest BCUT2D eigenvalue weighted by molar-refractivity contribution is -0.137. The van der Waals surface area contributed by atoms with Crippen LogP contribution >= 0.6 is 0 Å². The maximum Gasteiger partial charge on any atom is 0.417 e. The van der Waals surface area contributed by atoms with Crippen molar-refractivity contribution in [3.05, 3.63) is 70.3 Å². The van der Waals surface area contributed by atoms with Gasteiger partial charge in [0.1, 0.15) is 11.5 Å². The van der Waals surface area contributed by atoms with E-state index >= 15 is 0 Å². The molecule has 3 aromatic heterocycles. The number of rotatable bonds is 4. The van der Waals surface area contributed by atoms with Crippen LogP contribution in [0, 0.1) is 11.8 Å². The van der Waals surface area contributed by atoms with E-state index in [-0.39, 0.29) is 23.6 Å². The molecule has 0 radical (unpaired) electrons. The molecule has 0 saturated heterocycles. The van der Waals surface area contributed by atoms with Gasteiger partial charge in [-0.2, -0.15) is 18.3 Å². The summed E-state index contributed by atoms with van der Waals surface area (Å²) in [6.45, 7) is 1.43. The van der Waals surface area contributed by atoms with E-state index in [1.807, 2.05) is 0 Å². The van der Waals surface area contributed by atoms with Crippen LogP contribution < -0.4 is 10.2 Å². The molecule has 164 valence electrons. The summed E-state index contributed by atoms with van der Waals surface area (Å²) in [6.07, 6.45) is -2.60. The fourth-order valence-corrected chi connectivity index (χ4v) is 3.23. The Hall–Kier alpha value is -4.16. The van der Waals surface area contributed by atoms with Gasteiger partial charge in [0.15, 0.2) is 0 Å². The topological polar surface area (TPSA) is 122 Å². The van der Waals surface area contributed by atoms with Crippen LogP contribution in [-0.2, 0) is 6.18 Å². The van der Waals surface area contributed by atoms with Crippen molar-refractivity contribution in [2.45, 2.75) is 19.3 Å². The third-order valence-corrected chi connectivity index (χ3v) is 4.74. The van der Waals surface area contributed by atoms with Gasteiger partial charge in [-0.05, 0) is 36.4 Å². The van der Waals surface area contributed by atoms with Gasteiger partial charge in [0.05, 0.1) is 23.9 Å². The van der Waals surface area contributed by atoms with Crippen LogP contribution in [-0.4, -0.2) is 38.1 Å². The Morgan fingerprint density at radius 1 is 1.22 bits per heavy atom. The highest BCUT2D eigenvalue weighted by molar-refractivity contribution is 6.15. The maximum absolute atomic E-state index is 13.1. The number of halogens is 3. The van der Waals surface area contributed by atoms with Crippen LogP contribution in [0.15, 0.2) is 48.0 Å². The molecular formula is C19H14F3N7O3. The SMILES string of the molecule is Cc1cc(NC(=O)c2cnn3c2C(=O)N(c2ccc(C(F)(F)F)cn2)C[C@@H]3N=O)ccn1. The Labute approximate surface area is 178 Å². The molecule has 13 heteroatoms. The van der Waals surface area contributed by atoms with E-state index < -0.39 is 29.7 Å². The number of pyridine rings is 2. The summed E-state index contributed by atoms with van der Waals surface area (Å²) in [5.74, 6) is -1.55. The van der Waals surface area contributed by atoms with E-state index in [0.717, 1.165) is 27.9 Å². The summed E-state index contributed by atoms with van der Waals surface area (Å²) in [4.78, 5) is 46.0. The first-order valence-electron chi connectivity index (χ1n) is 9.18. The number of hydrogen-bond acceptors (Lipinski definition) is 7. The van der Waals surface area contributed by atoms with Crippen molar-refractivity contribution < 1.29 is 22.8 Å². The third-order valence-electron chi connectivity index (χ3n) is 4.74. The molecule has 0 aromatic carbocycles. The number of carbonyl (C=O) groups excluding carboxylic acids is 2. The van der Waals surface area contributed by atoms with Crippen molar-refractivity contribution in [1.82, 2.24) is 19.7 Å². The number of hydrogen-bond donors (Lipinski definition) is 1. The van der Waals surface area contributed by atoms with Crippen molar-refractivity contribution >= 4 is 23.3 Å².